The van der Waals surface area contributed by atoms with Gasteiger partial charge in [-0.15, -0.1) is 0 Å². The Morgan fingerprint density at radius 3 is 2.70 bits per heavy atom. The standard InChI is InChI=1S/C13H19ClN4O2/c1-16-7-9-17(10-8-16)6-5-15-13-11(14)3-2-4-12(13)18(19)20/h2-4,15H,5-10H2,1H3. The average Bonchev–Trinajstić information content (AvgIpc) is 2.42. The predicted molar refractivity (Wildman–Crippen MR) is 80.5 cm³/mol. The van der Waals surface area contributed by atoms with E-state index in [9.17, 15) is 10.1 Å². The molecule has 20 heavy (non-hydrogen) atoms. The largest absolute Gasteiger partial charge is 0.377 e. The van der Waals surface area contributed by atoms with Crippen LogP contribution in [0.25, 0.3) is 0 Å². The fraction of sp³-hybridized carbons (Fsp3) is 0.538. The number of halogens is 1. The molecule has 0 bridgehead atoms. The molecule has 1 fully saturated rings. The molecule has 1 heterocycles. The lowest BCUT2D eigenvalue weighted by molar-refractivity contribution is -0.383. The van der Waals surface area contributed by atoms with Crippen LogP contribution in [-0.2, 0) is 0 Å². The molecule has 2 rings (SSSR count). The van der Waals surface area contributed by atoms with Gasteiger partial charge < -0.3 is 10.2 Å². The maximum absolute atomic E-state index is 11.0. The summed E-state index contributed by atoms with van der Waals surface area (Å²) in [6, 6.07) is 4.71. The fourth-order valence-corrected chi connectivity index (χ4v) is 2.49. The van der Waals surface area contributed by atoms with E-state index in [1.165, 1.54) is 6.07 Å². The Kier molecular flexibility index (Phi) is 5.17. The Morgan fingerprint density at radius 1 is 1.35 bits per heavy atom. The van der Waals surface area contributed by atoms with Gasteiger partial charge in [-0.2, -0.15) is 0 Å². The normalized spacial score (nSPS) is 17.1. The molecule has 0 unspecified atom stereocenters. The summed E-state index contributed by atoms with van der Waals surface area (Å²) >= 11 is 6.03. The molecule has 0 atom stereocenters. The number of benzene rings is 1. The van der Waals surface area contributed by atoms with Gasteiger partial charge >= 0.3 is 0 Å². The van der Waals surface area contributed by atoms with E-state index in [0.29, 0.717) is 17.3 Å². The smallest absolute Gasteiger partial charge is 0.293 e. The molecule has 0 spiro atoms. The Morgan fingerprint density at radius 2 is 2.05 bits per heavy atom. The fourth-order valence-electron chi connectivity index (χ4n) is 2.25. The minimum absolute atomic E-state index is 0.0240. The average molecular weight is 299 g/mol. The molecule has 1 aromatic rings. The minimum Gasteiger partial charge on any atom is -0.377 e. The van der Waals surface area contributed by atoms with Crippen LogP contribution in [0.5, 0.6) is 0 Å². The summed E-state index contributed by atoms with van der Waals surface area (Å²) in [5, 5.41) is 14.4. The van der Waals surface area contributed by atoms with Gasteiger partial charge in [0.25, 0.3) is 5.69 Å². The predicted octanol–water partition coefficient (Wildman–Crippen LogP) is 1.91. The zero-order valence-corrected chi connectivity index (χ0v) is 12.3. The van der Waals surface area contributed by atoms with Gasteiger partial charge in [0, 0.05) is 45.3 Å². The number of hydrogen-bond acceptors (Lipinski definition) is 5. The van der Waals surface area contributed by atoms with Crippen LogP contribution in [0.1, 0.15) is 0 Å². The van der Waals surface area contributed by atoms with Crippen molar-refractivity contribution < 1.29 is 4.92 Å². The first kappa shape index (κ1) is 15.0. The lowest BCUT2D eigenvalue weighted by Gasteiger charge is -2.32. The molecule has 0 radical (unpaired) electrons. The van der Waals surface area contributed by atoms with E-state index in [1.807, 2.05) is 0 Å². The number of para-hydroxylation sites is 1. The monoisotopic (exact) mass is 298 g/mol. The highest BCUT2D eigenvalue weighted by Gasteiger charge is 2.17. The first-order chi connectivity index (χ1) is 9.58. The first-order valence-corrected chi connectivity index (χ1v) is 7.03. The van der Waals surface area contributed by atoms with Crippen molar-refractivity contribution in [3.05, 3.63) is 33.3 Å². The van der Waals surface area contributed by atoms with Crippen LogP contribution in [0.4, 0.5) is 11.4 Å². The molecule has 0 aromatic heterocycles. The Labute approximate surface area is 123 Å². The van der Waals surface area contributed by atoms with Crippen LogP contribution < -0.4 is 5.32 Å². The zero-order valence-electron chi connectivity index (χ0n) is 11.5. The second kappa shape index (κ2) is 6.88. The number of rotatable bonds is 5. The number of nitrogens with one attached hydrogen (secondary N) is 1. The molecular formula is C13H19ClN4O2. The molecule has 1 aromatic carbocycles. The maximum Gasteiger partial charge on any atom is 0.293 e. The van der Waals surface area contributed by atoms with E-state index < -0.39 is 4.92 Å². The van der Waals surface area contributed by atoms with Gasteiger partial charge in [0.1, 0.15) is 5.69 Å². The molecule has 1 aliphatic rings. The lowest BCUT2D eigenvalue weighted by Crippen LogP contribution is -2.45. The summed E-state index contributed by atoms with van der Waals surface area (Å²) in [5.41, 5.74) is 0.434. The van der Waals surface area contributed by atoms with Crippen molar-refractivity contribution in [1.82, 2.24) is 9.80 Å². The number of anilines is 1. The van der Waals surface area contributed by atoms with Crippen molar-refractivity contribution in [1.29, 1.82) is 0 Å². The highest BCUT2D eigenvalue weighted by Crippen LogP contribution is 2.31. The van der Waals surface area contributed by atoms with Gasteiger partial charge in [0.15, 0.2) is 0 Å². The van der Waals surface area contributed by atoms with Crippen molar-refractivity contribution in [3.8, 4) is 0 Å². The van der Waals surface area contributed by atoms with Crippen molar-refractivity contribution in [2.45, 2.75) is 0 Å². The summed E-state index contributed by atoms with van der Waals surface area (Å²) in [6.07, 6.45) is 0. The molecule has 1 saturated heterocycles. The van der Waals surface area contributed by atoms with E-state index in [-0.39, 0.29) is 5.69 Å². The number of nitro groups is 1. The number of piperazine rings is 1. The van der Waals surface area contributed by atoms with Crippen molar-refractivity contribution in [3.63, 3.8) is 0 Å². The van der Waals surface area contributed by atoms with E-state index >= 15 is 0 Å². The topological polar surface area (TPSA) is 61.6 Å². The van der Waals surface area contributed by atoms with Crippen LogP contribution in [0.15, 0.2) is 18.2 Å². The minimum atomic E-state index is -0.413. The number of nitro benzene ring substituents is 1. The summed E-state index contributed by atoms with van der Waals surface area (Å²) < 4.78 is 0. The zero-order chi connectivity index (χ0) is 14.5. The van der Waals surface area contributed by atoms with Gasteiger partial charge in [0.05, 0.1) is 9.95 Å². The highest BCUT2D eigenvalue weighted by atomic mass is 35.5. The molecule has 1 N–H and O–H groups in total. The van der Waals surface area contributed by atoms with Crippen molar-refractivity contribution in [2.24, 2.45) is 0 Å². The third-order valence-corrected chi connectivity index (χ3v) is 3.83. The number of nitrogens with zero attached hydrogens (tertiary/aromatic N) is 3. The van der Waals surface area contributed by atoms with E-state index in [4.69, 9.17) is 11.6 Å². The van der Waals surface area contributed by atoms with E-state index in [0.717, 1.165) is 32.7 Å². The van der Waals surface area contributed by atoms with Crippen LogP contribution in [0.3, 0.4) is 0 Å². The van der Waals surface area contributed by atoms with Gasteiger partial charge in [-0.25, -0.2) is 0 Å². The Hall–Kier alpha value is -1.37. The lowest BCUT2D eigenvalue weighted by atomic mass is 10.2. The highest BCUT2D eigenvalue weighted by molar-refractivity contribution is 6.33. The molecule has 6 nitrogen and oxygen atoms in total. The Bertz CT molecular complexity index is 475. The molecule has 0 amide bonds. The van der Waals surface area contributed by atoms with Crippen LogP contribution >= 0.6 is 11.6 Å². The summed E-state index contributed by atoms with van der Waals surface area (Å²) in [6.45, 7) is 5.69. The van der Waals surface area contributed by atoms with Gasteiger partial charge in [-0.3, -0.25) is 15.0 Å². The number of likely N-dealkylation sites (N-methyl/N-ethyl adjacent to an activating group) is 1. The second-order valence-corrected chi connectivity index (χ2v) is 5.37. The molecule has 0 saturated carbocycles. The Balaban J connectivity index is 1.89. The van der Waals surface area contributed by atoms with Crippen LogP contribution in [0.2, 0.25) is 5.02 Å². The molecule has 0 aliphatic carbocycles. The molecule has 7 heteroatoms. The van der Waals surface area contributed by atoms with Gasteiger partial charge in [-0.1, -0.05) is 17.7 Å². The van der Waals surface area contributed by atoms with Crippen molar-refractivity contribution in [2.75, 3.05) is 51.6 Å². The molecule has 110 valence electrons. The summed E-state index contributed by atoms with van der Waals surface area (Å²) in [4.78, 5) is 15.2. The SMILES string of the molecule is CN1CCN(CCNc2c(Cl)cccc2[N+](=O)[O-])CC1. The van der Waals surface area contributed by atoms with Gasteiger partial charge in [0.2, 0.25) is 0 Å². The number of hydrogen-bond donors (Lipinski definition) is 1. The molecular weight excluding hydrogens is 280 g/mol. The summed E-state index contributed by atoms with van der Waals surface area (Å²) in [5.74, 6) is 0. The third-order valence-electron chi connectivity index (χ3n) is 3.51. The van der Waals surface area contributed by atoms with Crippen LogP contribution in [-0.4, -0.2) is 61.0 Å². The van der Waals surface area contributed by atoms with Gasteiger partial charge in [-0.05, 0) is 13.1 Å². The molecule has 1 aliphatic heterocycles. The van der Waals surface area contributed by atoms with E-state index in [1.54, 1.807) is 12.1 Å². The van der Waals surface area contributed by atoms with Crippen molar-refractivity contribution >= 4 is 23.0 Å². The third kappa shape index (κ3) is 3.82. The summed E-state index contributed by atoms with van der Waals surface area (Å²) in [7, 11) is 2.11. The second-order valence-electron chi connectivity index (χ2n) is 4.96. The van der Waals surface area contributed by atoms with E-state index in [2.05, 4.69) is 22.2 Å². The first-order valence-electron chi connectivity index (χ1n) is 6.65. The quantitative estimate of drug-likeness (QED) is 0.664. The van der Waals surface area contributed by atoms with Crippen LogP contribution in [0, 0.1) is 10.1 Å². The maximum atomic E-state index is 11.0.